The molecule has 3 rings (SSSR count). The monoisotopic (exact) mass is 288 g/mol. The number of hydrogen-bond donors (Lipinski definition) is 1. The number of aromatic nitrogens is 2. The molecule has 1 saturated heterocycles. The summed E-state index contributed by atoms with van der Waals surface area (Å²) in [5, 5.41) is 6.99. The minimum atomic E-state index is -0.0955. The van der Waals surface area contributed by atoms with E-state index in [0.717, 1.165) is 38.0 Å². The van der Waals surface area contributed by atoms with Crippen LogP contribution in [0.1, 0.15) is 37.5 Å². The molecule has 1 aliphatic rings. The molecule has 0 spiro atoms. The van der Waals surface area contributed by atoms with Crippen molar-refractivity contribution in [1.82, 2.24) is 14.7 Å². The summed E-state index contributed by atoms with van der Waals surface area (Å²) in [5.41, 5.74) is 0. The van der Waals surface area contributed by atoms with E-state index in [0.29, 0.717) is 5.82 Å². The molecule has 6 heteroatoms. The Labute approximate surface area is 123 Å². The highest BCUT2D eigenvalue weighted by Crippen LogP contribution is 2.30. The van der Waals surface area contributed by atoms with Crippen LogP contribution in [0.4, 0.5) is 10.6 Å². The summed E-state index contributed by atoms with van der Waals surface area (Å²) < 4.78 is 7.18. The molecule has 1 N–H and O–H groups in total. The van der Waals surface area contributed by atoms with Gasteiger partial charge in [0.2, 0.25) is 0 Å². The van der Waals surface area contributed by atoms with E-state index in [-0.39, 0.29) is 12.1 Å². The van der Waals surface area contributed by atoms with Crippen molar-refractivity contribution in [2.45, 2.75) is 31.7 Å². The number of aryl methyl sites for hydroxylation is 1. The summed E-state index contributed by atoms with van der Waals surface area (Å²) >= 11 is 0. The van der Waals surface area contributed by atoms with Crippen LogP contribution in [0.3, 0.4) is 0 Å². The van der Waals surface area contributed by atoms with Crippen molar-refractivity contribution in [2.75, 3.05) is 11.9 Å². The van der Waals surface area contributed by atoms with Crippen LogP contribution in [0.15, 0.2) is 35.1 Å². The maximum absolute atomic E-state index is 12.6. The quantitative estimate of drug-likeness (QED) is 0.923. The second-order valence-corrected chi connectivity index (χ2v) is 5.34. The number of hydrogen-bond acceptors (Lipinski definition) is 3. The molecule has 2 aromatic rings. The van der Waals surface area contributed by atoms with E-state index in [9.17, 15) is 4.79 Å². The van der Waals surface area contributed by atoms with E-state index in [2.05, 4.69) is 10.4 Å². The third kappa shape index (κ3) is 2.94. The fourth-order valence-corrected chi connectivity index (χ4v) is 2.81. The minimum Gasteiger partial charge on any atom is -0.467 e. The van der Waals surface area contributed by atoms with Gasteiger partial charge in [0, 0.05) is 19.7 Å². The van der Waals surface area contributed by atoms with Gasteiger partial charge in [-0.2, -0.15) is 5.10 Å². The zero-order chi connectivity index (χ0) is 14.7. The number of anilines is 1. The number of carbonyl (C=O) groups is 1. The van der Waals surface area contributed by atoms with Crippen LogP contribution >= 0.6 is 0 Å². The molecule has 0 bridgehead atoms. The van der Waals surface area contributed by atoms with Gasteiger partial charge in [0.25, 0.3) is 0 Å². The molecule has 1 atom stereocenters. The maximum Gasteiger partial charge on any atom is 0.323 e. The fourth-order valence-electron chi connectivity index (χ4n) is 2.81. The Kier molecular flexibility index (Phi) is 3.94. The van der Waals surface area contributed by atoms with Gasteiger partial charge in [0.15, 0.2) is 0 Å². The molecule has 112 valence electrons. The molecule has 2 aromatic heterocycles. The Morgan fingerprint density at radius 3 is 3.00 bits per heavy atom. The van der Waals surface area contributed by atoms with Crippen LogP contribution < -0.4 is 5.32 Å². The lowest BCUT2D eigenvalue weighted by molar-refractivity contribution is 0.179. The number of nitrogens with one attached hydrogen (secondary N) is 1. The molecular formula is C15H20N4O2. The highest BCUT2D eigenvalue weighted by atomic mass is 16.3. The Balaban J connectivity index is 1.79. The molecule has 0 unspecified atom stereocenters. The first-order chi connectivity index (χ1) is 10.3. The van der Waals surface area contributed by atoms with Gasteiger partial charge in [-0.05, 0) is 25.0 Å². The molecule has 0 radical (unpaired) electrons. The van der Waals surface area contributed by atoms with Crippen molar-refractivity contribution in [3.8, 4) is 0 Å². The van der Waals surface area contributed by atoms with Crippen molar-refractivity contribution in [1.29, 1.82) is 0 Å². The van der Waals surface area contributed by atoms with E-state index in [1.165, 1.54) is 0 Å². The first kappa shape index (κ1) is 13.7. The van der Waals surface area contributed by atoms with Crippen molar-refractivity contribution >= 4 is 11.8 Å². The van der Waals surface area contributed by atoms with Crippen LogP contribution in [0.25, 0.3) is 0 Å². The molecule has 3 heterocycles. The van der Waals surface area contributed by atoms with Gasteiger partial charge in [-0.1, -0.05) is 12.8 Å². The molecule has 21 heavy (non-hydrogen) atoms. The molecule has 6 nitrogen and oxygen atoms in total. The summed E-state index contributed by atoms with van der Waals surface area (Å²) in [6.07, 6.45) is 7.55. The normalized spacial score (nSPS) is 19.3. The van der Waals surface area contributed by atoms with Gasteiger partial charge < -0.3 is 9.32 Å². The lowest BCUT2D eigenvalue weighted by Gasteiger charge is -2.28. The Morgan fingerprint density at radius 2 is 2.29 bits per heavy atom. The van der Waals surface area contributed by atoms with E-state index in [1.807, 2.05) is 24.1 Å². The number of likely N-dealkylation sites (tertiary alicyclic amines) is 1. The van der Waals surface area contributed by atoms with Gasteiger partial charge in [-0.15, -0.1) is 0 Å². The summed E-state index contributed by atoms with van der Waals surface area (Å²) in [6.45, 7) is 0.745. The van der Waals surface area contributed by atoms with Gasteiger partial charge in [0.1, 0.15) is 11.6 Å². The predicted molar refractivity (Wildman–Crippen MR) is 78.8 cm³/mol. The van der Waals surface area contributed by atoms with Crippen LogP contribution in [0.2, 0.25) is 0 Å². The SMILES string of the molecule is Cn1nccc1NC(=O)N1CCCCC[C@@H]1c1ccco1. The van der Waals surface area contributed by atoms with E-state index in [1.54, 1.807) is 23.2 Å². The number of nitrogens with zero attached hydrogens (tertiary/aromatic N) is 3. The van der Waals surface area contributed by atoms with Crippen LogP contribution in [0.5, 0.6) is 0 Å². The zero-order valence-electron chi connectivity index (χ0n) is 12.2. The average molecular weight is 288 g/mol. The topological polar surface area (TPSA) is 63.3 Å². The maximum atomic E-state index is 12.6. The van der Waals surface area contributed by atoms with Crippen molar-refractivity contribution in [3.05, 3.63) is 36.4 Å². The lowest BCUT2D eigenvalue weighted by Crippen LogP contribution is -2.38. The Bertz CT molecular complexity index is 591. The smallest absolute Gasteiger partial charge is 0.323 e. The largest absolute Gasteiger partial charge is 0.467 e. The first-order valence-electron chi connectivity index (χ1n) is 7.35. The minimum absolute atomic E-state index is 0.00993. The van der Waals surface area contributed by atoms with E-state index < -0.39 is 0 Å². The van der Waals surface area contributed by atoms with Crippen LogP contribution in [-0.2, 0) is 7.05 Å². The van der Waals surface area contributed by atoms with Gasteiger partial charge in [-0.3, -0.25) is 10.00 Å². The van der Waals surface area contributed by atoms with Gasteiger partial charge in [0.05, 0.1) is 18.5 Å². The predicted octanol–water partition coefficient (Wildman–Crippen LogP) is 3.16. The fraction of sp³-hybridized carbons (Fsp3) is 0.467. The van der Waals surface area contributed by atoms with Crippen molar-refractivity contribution in [2.24, 2.45) is 7.05 Å². The standard InChI is InChI=1S/C15H20N4O2/c1-18-14(8-9-16-18)17-15(20)19-10-4-2-3-6-12(19)13-7-5-11-21-13/h5,7-9,11-12H,2-4,6,10H2,1H3,(H,17,20)/t12-/m1/s1. The third-order valence-corrected chi connectivity index (χ3v) is 3.94. The molecule has 0 aromatic carbocycles. The first-order valence-corrected chi connectivity index (χ1v) is 7.35. The van der Waals surface area contributed by atoms with Crippen molar-refractivity contribution < 1.29 is 9.21 Å². The van der Waals surface area contributed by atoms with E-state index in [4.69, 9.17) is 4.42 Å². The number of carbonyl (C=O) groups excluding carboxylic acids is 1. The van der Waals surface area contributed by atoms with Gasteiger partial charge >= 0.3 is 6.03 Å². The average Bonchev–Trinajstić information content (AvgIpc) is 3.07. The summed E-state index contributed by atoms with van der Waals surface area (Å²) in [5.74, 6) is 1.56. The van der Waals surface area contributed by atoms with Crippen LogP contribution in [-0.4, -0.2) is 27.3 Å². The third-order valence-electron chi connectivity index (χ3n) is 3.94. The van der Waals surface area contributed by atoms with Crippen molar-refractivity contribution in [3.63, 3.8) is 0 Å². The lowest BCUT2D eigenvalue weighted by atomic mass is 10.1. The summed E-state index contributed by atoms with van der Waals surface area (Å²) in [6, 6.07) is 5.52. The number of amides is 2. The van der Waals surface area contributed by atoms with Crippen LogP contribution in [0, 0.1) is 0 Å². The highest BCUT2D eigenvalue weighted by Gasteiger charge is 2.28. The number of urea groups is 1. The molecule has 0 aliphatic carbocycles. The molecule has 0 saturated carbocycles. The Hall–Kier alpha value is -2.24. The number of furan rings is 1. The summed E-state index contributed by atoms with van der Waals surface area (Å²) in [7, 11) is 1.81. The summed E-state index contributed by atoms with van der Waals surface area (Å²) in [4.78, 5) is 14.5. The zero-order valence-corrected chi connectivity index (χ0v) is 12.2. The molecule has 1 fully saturated rings. The Morgan fingerprint density at radius 1 is 1.38 bits per heavy atom. The molecule has 1 aliphatic heterocycles. The highest BCUT2D eigenvalue weighted by molar-refractivity contribution is 5.88. The second-order valence-electron chi connectivity index (χ2n) is 5.34. The second kappa shape index (κ2) is 6.03. The van der Waals surface area contributed by atoms with E-state index >= 15 is 0 Å². The molecule has 2 amide bonds. The number of rotatable bonds is 2. The van der Waals surface area contributed by atoms with Gasteiger partial charge in [-0.25, -0.2) is 4.79 Å². The molecular weight excluding hydrogens is 268 g/mol.